The second kappa shape index (κ2) is 24.1. The molecule has 0 saturated carbocycles. The van der Waals surface area contributed by atoms with Crippen molar-refractivity contribution >= 4 is 35.8 Å². The highest BCUT2D eigenvalue weighted by atomic mass is 16.6. The number of carbonyl (C=O) groups is 6. The smallest absolute Gasteiger partial charge is 0.333 e. The van der Waals surface area contributed by atoms with Gasteiger partial charge in [0.25, 0.3) is 0 Å². The lowest BCUT2D eigenvalue weighted by atomic mass is 10.0. The van der Waals surface area contributed by atoms with E-state index in [1.165, 1.54) is 25.0 Å². The summed E-state index contributed by atoms with van der Waals surface area (Å²) in [6.45, 7) is 13.4. The van der Waals surface area contributed by atoms with Crippen LogP contribution in [-0.4, -0.2) is 74.5 Å². The Bertz CT molecular complexity index is 1540. The lowest BCUT2D eigenvalue weighted by Crippen LogP contribution is -2.23. The van der Waals surface area contributed by atoms with Crippen LogP contribution >= 0.6 is 0 Å². The molecule has 0 aromatic heterocycles. The van der Waals surface area contributed by atoms with E-state index in [0.29, 0.717) is 12.8 Å². The second-order valence-corrected chi connectivity index (χ2v) is 12.8. The van der Waals surface area contributed by atoms with Gasteiger partial charge >= 0.3 is 35.8 Å². The predicted molar refractivity (Wildman–Crippen MR) is 195 cm³/mol. The first-order chi connectivity index (χ1) is 25.2. The van der Waals surface area contributed by atoms with Crippen molar-refractivity contribution < 1.29 is 57.2 Å². The molecule has 2 unspecified atom stereocenters. The van der Waals surface area contributed by atoms with Crippen LogP contribution in [0.25, 0.3) is 0 Å². The molecule has 2 aromatic carbocycles. The van der Waals surface area contributed by atoms with Gasteiger partial charge < -0.3 is 28.4 Å². The van der Waals surface area contributed by atoms with E-state index in [-0.39, 0.29) is 63.3 Å². The predicted octanol–water partition coefficient (Wildman–Crippen LogP) is 5.70. The fourth-order valence-corrected chi connectivity index (χ4v) is 4.59. The Hall–Kier alpha value is -5.26. The van der Waals surface area contributed by atoms with Crippen LogP contribution in [0, 0.1) is 0 Å². The summed E-state index contributed by atoms with van der Waals surface area (Å²) in [7, 11) is 0. The lowest BCUT2D eigenvalue weighted by molar-refractivity contribution is -0.158. The van der Waals surface area contributed by atoms with E-state index in [4.69, 9.17) is 28.4 Å². The van der Waals surface area contributed by atoms with Crippen LogP contribution < -0.4 is 0 Å². The summed E-state index contributed by atoms with van der Waals surface area (Å²) in [5.41, 5.74) is 4.99. The average molecular weight is 737 g/mol. The van der Waals surface area contributed by atoms with E-state index in [0.717, 1.165) is 30.4 Å². The molecule has 0 aliphatic carbocycles. The number of esters is 6. The zero-order valence-electron chi connectivity index (χ0n) is 31.3. The second-order valence-electron chi connectivity index (χ2n) is 12.8. The summed E-state index contributed by atoms with van der Waals surface area (Å²) in [5.74, 6) is -3.25. The molecule has 12 heteroatoms. The zero-order chi connectivity index (χ0) is 39.2. The van der Waals surface area contributed by atoms with Crippen molar-refractivity contribution in [3.63, 3.8) is 0 Å². The van der Waals surface area contributed by atoms with Gasteiger partial charge in [-0.15, -0.1) is 0 Å². The Morgan fingerprint density at radius 1 is 0.491 bits per heavy atom. The molecule has 0 fully saturated rings. The minimum absolute atomic E-state index is 0.0910. The molecule has 0 amide bonds. The third kappa shape index (κ3) is 19.8. The molecule has 0 aliphatic heterocycles. The topological polar surface area (TPSA) is 158 Å². The number of aryl methyl sites for hydroxylation is 2. The number of carbonyl (C=O) groups excluding carboxylic acids is 6. The summed E-state index contributed by atoms with van der Waals surface area (Å²) < 4.78 is 30.7. The zero-order valence-corrected chi connectivity index (χ0v) is 31.3. The van der Waals surface area contributed by atoms with Gasteiger partial charge in [0.05, 0.1) is 38.9 Å². The van der Waals surface area contributed by atoms with E-state index < -0.39 is 48.0 Å². The number of ether oxygens (including phenoxy) is 6. The molecule has 0 radical (unpaired) electrons. The van der Waals surface area contributed by atoms with Crippen LogP contribution in [0.2, 0.25) is 0 Å². The van der Waals surface area contributed by atoms with Gasteiger partial charge in [0.1, 0.15) is 25.4 Å². The Labute approximate surface area is 311 Å². The number of hydrogen-bond acceptors (Lipinski definition) is 12. The third-order valence-electron chi connectivity index (χ3n) is 7.62. The normalized spacial score (nSPS) is 11.7. The minimum Gasteiger partial charge on any atom is -0.465 e. The number of benzene rings is 2. The summed E-state index contributed by atoms with van der Waals surface area (Å²) in [6, 6.07) is 16.3. The Balaban J connectivity index is 1.56. The van der Waals surface area contributed by atoms with Gasteiger partial charge in [-0.25, -0.2) is 9.59 Å². The van der Waals surface area contributed by atoms with Gasteiger partial charge in [-0.2, -0.15) is 0 Å². The molecule has 0 bridgehead atoms. The first kappa shape index (κ1) is 43.9. The van der Waals surface area contributed by atoms with Crippen LogP contribution in [0.4, 0.5) is 0 Å². The largest absolute Gasteiger partial charge is 0.465 e. The summed E-state index contributed by atoms with van der Waals surface area (Å²) in [4.78, 5) is 70.8. The van der Waals surface area contributed by atoms with Crippen molar-refractivity contribution in [3.05, 3.63) is 95.1 Å². The monoisotopic (exact) mass is 736 g/mol. The van der Waals surface area contributed by atoms with E-state index >= 15 is 0 Å². The maximum atomic E-state index is 12.0. The molecule has 288 valence electrons. The van der Waals surface area contributed by atoms with Crippen molar-refractivity contribution in [2.45, 2.75) is 97.7 Å². The van der Waals surface area contributed by atoms with Crippen molar-refractivity contribution in [2.24, 2.45) is 0 Å². The standard InChI is InChI=1S/C41H52O12/c1-28(2)40(46)51-27-30(5)52-39(45)21-20-37(43)49-25-23-35-16-12-33(13-17-35)9-7-8-32-10-14-34(15-11-32)22-24-48-36(42)18-19-38(44)50-26-31(6)53-41(47)29(3)4/h10-17,30-31H,1,3,7-9,18-27H2,2,4-6H3. The van der Waals surface area contributed by atoms with E-state index in [1.54, 1.807) is 13.8 Å². The fourth-order valence-electron chi connectivity index (χ4n) is 4.59. The lowest BCUT2D eigenvalue weighted by Gasteiger charge is -2.13. The van der Waals surface area contributed by atoms with Crippen molar-refractivity contribution in [1.29, 1.82) is 0 Å². The van der Waals surface area contributed by atoms with Gasteiger partial charge in [0.15, 0.2) is 0 Å². The molecule has 0 saturated heterocycles. The summed E-state index contributed by atoms with van der Waals surface area (Å²) in [6.07, 6.45) is 2.18. The van der Waals surface area contributed by atoms with Crippen LogP contribution in [-0.2, 0) is 82.9 Å². The van der Waals surface area contributed by atoms with Gasteiger partial charge in [-0.3, -0.25) is 19.2 Å². The molecule has 12 nitrogen and oxygen atoms in total. The minimum atomic E-state index is -0.639. The molecule has 0 heterocycles. The Kier molecular flexibility index (Phi) is 19.9. The maximum Gasteiger partial charge on any atom is 0.333 e. The van der Waals surface area contributed by atoms with E-state index in [1.807, 2.05) is 24.3 Å². The molecule has 2 aromatic rings. The number of hydrogen-bond donors (Lipinski definition) is 0. The van der Waals surface area contributed by atoms with Crippen molar-refractivity contribution in [2.75, 3.05) is 26.4 Å². The first-order valence-electron chi connectivity index (χ1n) is 17.7. The fraction of sp³-hybridized carbons (Fsp3) is 0.463. The Morgan fingerprint density at radius 3 is 1.28 bits per heavy atom. The highest BCUT2D eigenvalue weighted by molar-refractivity contribution is 5.87. The summed E-state index contributed by atoms with van der Waals surface area (Å²) >= 11 is 0. The molecular formula is C41H52O12. The van der Waals surface area contributed by atoms with Crippen LogP contribution in [0.5, 0.6) is 0 Å². The van der Waals surface area contributed by atoms with Crippen LogP contribution in [0.1, 0.15) is 82.1 Å². The SMILES string of the molecule is C=C(C)C(=O)OCC(C)OC(=O)CCC(=O)OCCc1ccc(CCCc2ccc(CCOC(=O)CCC(=O)OCC(C)OC(=O)C(=C)C)cc2)cc1. The van der Waals surface area contributed by atoms with Crippen molar-refractivity contribution in [1.82, 2.24) is 0 Å². The van der Waals surface area contributed by atoms with E-state index in [2.05, 4.69) is 37.4 Å². The molecule has 0 aliphatic rings. The molecule has 0 N–H and O–H groups in total. The summed E-state index contributed by atoms with van der Waals surface area (Å²) in [5, 5.41) is 0. The van der Waals surface area contributed by atoms with Crippen LogP contribution in [0.15, 0.2) is 72.8 Å². The van der Waals surface area contributed by atoms with E-state index in [9.17, 15) is 28.8 Å². The van der Waals surface area contributed by atoms with Gasteiger partial charge in [0.2, 0.25) is 0 Å². The van der Waals surface area contributed by atoms with Gasteiger partial charge in [-0.05, 0) is 69.2 Å². The van der Waals surface area contributed by atoms with Crippen molar-refractivity contribution in [3.8, 4) is 0 Å². The van der Waals surface area contributed by atoms with Crippen LogP contribution in [0.3, 0.4) is 0 Å². The third-order valence-corrected chi connectivity index (χ3v) is 7.62. The highest BCUT2D eigenvalue weighted by Crippen LogP contribution is 2.13. The molecule has 2 rings (SSSR count). The quantitative estimate of drug-likeness (QED) is 0.0737. The Morgan fingerprint density at radius 2 is 0.849 bits per heavy atom. The number of rotatable bonds is 24. The van der Waals surface area contributed by atoms with Gasteiger partial charge in [0, 0.05) is 24.0 Å². The molecular weight excluding hydrogens is 684 g/mol. The van der Waals surface area contributed by atoms with Gasteiger partial charge in [-0.1, -0.05) is 61.7 Å². The highest BCUT2D eigenvalue weighted by Gasteiger charge is 2.16. The molecule has 2 atom stereocenters. The average Bonchev–Trinajstić information content (AvgIpc) is 3.12. The maximum absolute atomic E-state index is 12.0. The molecule has 0 spiro atoms. The first-order valence-corrected chi connectivity index (χ1v) is 17.7. The molecule has 53 heavy (non-hydrogen) atoms.